The highest BCUT2D eigenvalue weighted by atomic mass is 15.5. The molecule has 0 bridgehead atoms. The molecule has 17 heavy (non-hydrogen) atoms. The first-order chi connectivity index (χ1) is 8.29. The quantitative estimate of drug-likeness (QED) is 0.737. The van der Waals surface area contributed by atoms with Gasteiger partial charge in [-0.3, -0.25) is 4.90 Å². The normalized spacial score (nSPS) is 10.4. The van der Waals surface area contributed by atoms with E-state index in [0.29, 0.717) is 13.1 Å². The molecular weight excluding hydrogens is 214 g/mol. The summed E-state index contributed by atoms with van der Waals surface area (Å²) in [7, 11) is 1.88. The van der Waals surface area contributed by atoms with E-state index in [1.807, 2.05) is 42.3 Å². The van der Waals surface area contributed by atoms with E-state index in [4.69, 9.17) is 5.26 Å². The van der Waals surface area contributed by atoms with Crippen LogP contribution in [0.1, 0.15) is 5.69 Å². The molecule has 2 aromatic rings. The van der Waals surface area contributed by atoms with E-state index in [-0.39, 0.29) is 0 Å². The summed E-state index contributed by atoms with van der Waals surface area (Å²) >= 11 is 0. The van der Waals surface area contributed by atoms with Crippen molar-refractivity contribution in [2.45, 2.75) is 6.54 Å². The van der Waals surface area contributed by atoms with Crippen LogP contribution in [0.3, 0.4) is 0 Å². The highest BCUT2D eigenvalue weighted by molar-refractivity contribution is 5.28. The van der Waals surface area contributed by atoms with Crippen molar-refractivity contribution < 1.29 is 0 Å². The first-order valence-corrected chi connectivity index (χ1v) is 5.32. The second-order valence-corrected chi connectivity index (χ2v) is 3.79. The van der Waals surface area contributed by atoms with Gasteiger partial charge in [-0.15, -0.1) is 0 Å². The van der Waals surface area contributed by atoms with Crippen molar-refractivity contribution in [1.29, 1.82) is 5.26 Å². The average molecular weight is 227 g/mol. The van der Waals surface area contributed by atoms with Gasteiger partial charge in [-0.05, 0) is 19.2 Å². The molecule has 0 fully saturated rings. The van der Waals surface area contributed by atoms with E-state index >= 15 is 0 Å². The fourth-order valence-electron chi connectivity index (χ4n) is 1.51. The molecule has 2 rings (SSSR count). The lowest BCUT2D eigenvalue weighted by atomic mass is 10.3. The van der Waals surface area contributed by atoms with Gasteiger partial charge in [0.2, 0.25) is 0 Å². The number of nitrogens with zero attached hydrogens (tertiary/aromatic N) is 5. The van der Waals surface area contributed by atoms with Crippen molar-refractivity contribution in [3.8, 4) is 11.8 Å². The maximum Gasteiger partial charge on any atom is 0.0972 e. The molecular formula is C12H13N5. The van der Waals surface area contributed by atoms with Gasteiger partial charge in [-0.25, -0.2) is 0 Å². The number of hydrogen-bond donors (Lipinski definition) is 0. The van der Waals surface area contributed by atoms with Crippen molar-refractivity contribution in [1.82, 2.24) is 19.9 Å². The second kappa shape index (κ2) is 5.23. The SMILES string of the molecule is CN(CC#N)Cc1cnn(-c2ccccc2)n1. The first kappa shape index (κ1) is 11.3. The third kappa shape index (κ3) is 2.89. The van der Waals surface area contributed by atoms with E-state index in [0.717, 1.165) is 11.4 Å². The van der Waals surface area contributed by atoms with Crippen LogP contribution in [0.2, 0.25) is 0 Å². The Hall–Kier alpha value is -2.19. The third-order valence-electron chi connectivity index (χ3n) is 2.30. The zero-order chi connectivity index (χ0) is 12.1. The highest BCUT2D eigenvalue weighted by Gasteiger charge is 2.05. The average Bonchev–Trinajstić information content (AvgIpc) is 2.79. The molecule has 5 nitrogen and oxygen atoms in total. The van der Waals surface area contributed by atoms with Crippen molar-refractivity contribution in [2.75, 3.05) is 13.6 Å². The maximum absolute atomic E-state index is 8.56. The van der Waals surface area contributed by atoms with Crippen LogP contribution in [0.5, 0.6) is 0 Å². The van der Waals surface area contributed by atoms with Crippen LogP contribution in [-0.4, -0.2) is 33.5 Å². The minimum atomic E-state index is 0.387. The Kier molecular flexibility index (Phi) is 3.48. The number of benzene rings is 1. The third-order valence-corrected chi connectivity index (χ3v) is 2.30. The van der Waals surface area contributed by atoms with Crippen LogP contribution < -0.4 is 0 Å². The smallest absolute Gasteiger partial charge is 0.0972 e. The molecule has 0 saturated heterocycles. The van der Waals surface area contributed by atoms with Gasteiger partial charge in [-0.1, -0.05) is 18.2 Å². The molecule has 0 N–H and O–H groups in total. The van der Waals surface area contributed by atoms with E-state index in [1.54, 1.807) is 11.0 Å². The van der Waals surface area contributed by atoms with E-state index in [9.17, 15) is 0 Å². The lowest BCUT2D eigenvalue weighted by Crippen LogP contribution is -2.18. The fraction of sp³-hybridized carbons (Fsp3) is 0.250. The number of aromatic nitrogens is 3. The minimum Gasteiger partial charge on any atom is -0.288 e. The zero-order valence-electron chi connectivity index (χ0n) is 9.61. The van der Waals surface area contributed by atoms with Gasteiger partial charge in [0, 0.05) is 6.54 Å². The Morgan fingerprint density at radius 3 is 2.82 bits per heavy atom. The standard InChI is InChI=1S/C12H13N5/c1-16(8-7-13)10-11-9-14-17(15-11)12-5-3-2-4-6-12/h2-6,9H,8,10H2,1H3. The van der Waals surface area contributed by atoms with Crippen LogP contribution in [0.15, 0.2) is 36.5 Å². The second-order valence-electron chi connectivity index (χ2n) is 3.79. The van der Waals surface area contributed by atoms with Crippen LogP contribution in [0.25, 0.3) is 5.69 Å². The number of rotatable bonds is 4. The molecule has 1 aromatic heterocycles. The largest absolute Gasteiger partial charge is 0.288 e. The lowest BCUT2D eigenvalue weighted by Gasteiger charge is -2.08. The summed E-state index contributed by atoms with van der Waals surface area (Å²) in [6.45, 7) is 1.01. The summed E-state index contributed by atoms with van der Waals surface area (Å²) in [6, 6.07) is 11.8. The summed E-state index contributed by atoms with van der Waals surface area (Å²) < 4.78 is 0. The van der Waals surface area contributed by atoms with Crippen LogP contribution in [0, 0.1) is 11.3 Å². The van der Waals surface area contributed by atoms with E-state index in [2.05, 4.69) is 16.3 Å². The van der Waals surface area contributed by atoms with Crippen LogP contribution in [-0.2, 0) is 6.54 Å². The summed E-state index contributed by atoms with van der Waals surface area (Å²) in [5.41, 5.74) is 1.79. The molecule has 0 spiro atoms. The highest BCUT2D eigenvalue weighted by Crippen LogP contribution is 2.05. The number of hydrogen-bond acceptors (Lipinski definition) is 4. The predicted octanol–water partition coefficient (Wildman–Crippen LogP) is 1.22. The predicted molar refractivity (Wildman–Crippen MR) is 63.3 cm³/mol. The summed E-state index contributed by atoms with van der Waals surface area (Å²) in [5, 5.41) is 17.1. The summed E-state index contributed by atoms with van der Waals surface area (Å²) in [4.78, 5) is 3.48. The molecule has 0 aliphatic rings. The van der Waals surface area contributed by atoms with Gasteiger partial charge in [0.25, 0.3) is 0 Å². The monoisotopic (exact) mass is 227 g/mol. The Bertz CT molecular complexity index is 511. The fourth-order valence-corrected chi connectivity index (χ4v) is 1.51. The van der Waals surface area contributed by atoms with Gasteiger partial charge in [0.05, 0.1) is 30.2 Å². The van der Waals surface area contributed by atoms with Crippen molar-refractivity contribution in [3.63, 3.8) is 0 Å². The number of para-hydroxylation sites is 1. The minimum absolute atomic E-state index is 0.387. The zero-order valence-corrected chi connectivity index (χ0v) is 9.61. The molecule has 86 valence electrons. The summed E-state index contributed by atoms with van der Waals surface area (Å²) in [5.74, 6) is 0. The Labute approximate surface area is 99.9 Å². The molecule has 0 aliphatic carbocycles. The van der Waals surface area contributed by atoms with Crippen molar-refractivity contribution >= 4 is 0 Å². The molecule has 5 heteroatoms. The topological polar surface area (TPSA) is 57.7 Å². The first-order valence-electron chi connectivity index (χ1n) is 5.32. The van der Waals surface area contributed by atoms with Gasteiger partial charge in [-0.2, -0.15) is 20.3 Å². The molecule has 0 saturated carbocycles. The Morgan fingerprint density at radius 2 is 2.12 bits per heavy atom. The molecule has 0 amide bonds. The molecule has 1 aromatic carbocycles. The van der Waals surface area contributed by atoms with Gasteiger partial charge in [0.15, 0.2) is 0 Å². The Balaban J connectivity index is 2.09. The van der Waals surface area contributed by atoms with Crippen molar-refractivity contribution in [2.24, 2.45) is 0 Å². The van der Waals surface area contributed by atoms with Crippen molar-refractivity contribution in [3.05, 3.63) is 42.2 Å². The molecule has 0 atom stereocenters. The van der Waals surface area contributed by atoms with Gasteiger partial charge >= 0.3 is 0 Å². The van der Waals surface area contributed by atoms with Crippen LogP contribution >= 0.6 is 0 Å². The summed E-state index contributed by atoms with van der Waals surface area (Å²) in [6.07, 6.45) is 1.72. The van der Waals surface area contributed by atoms with Gasteiger partial charge < -0.3 is 0 Å². The van der Waals surface area contributed by atoms with Crippen LogP contribution in [0.4, 0.5) is 0 Å². The van der Waals surface area contributed by atoms with E-state index < -0.39 is 0 Å². The number of nitriles is 1. The lowest BCUT2D eigenvalue weighted by molar-refractivity contribution is 0.361. The molecule has 0 unspecified atom stereocenters. The molecule has 0 aliphatic heterocycles. The molecule has 0 radical (unpaired) electrons. The maximum atomic E-state index is 8.56. The molecule has 1 heterocycles. The van der Waals surface area contributed by atoms with Gasteiger partial charge in [0.1, 0.15) is 0 Å². The Morgan fingerprint density at radius 1 is 1.35 bits per heavy atom. The van der Waals surface area contributed by atoms with E-state index in [1.165, 1.54) is 0 Å².